The molecule has 0 saturated heterocycles. The van der Waals surface area contributed by atoms with E-state index >= 15 is 0 Å². The Morgan fingerprint density at radius 3 is 2.72 bits per heavy atom. The summed E-state index contributed by atoms with van der Waals surface area (Å²) < 4.78 is 10.9. The molecule has 0 bridgehead atoms. The number of nitrogens with zero attached hydrogens (tertiary/aromatic N) is 3. The van der Waals surface area contributed by atoms with Crippen molar-refractivity contribution in [1.29, 1.82) is 0 Å². The normalized spacial score (nSPS) is 15.7. The van der Waals surface area contributed by atoms with Crippen LogP contribution in [0, 0.1) is 0 Å². The number of carbonyl (C=O) groups excluding carboxylic acids is 1. The molecule has 0 spiro atoms. The van der Waals surface area contributed by atoms with Crippen LogP contribution >= 0.6 is 11.8 Å². The SMILES string of the molecule is COc1ccc(C2=NN(C(=O)CSc3ccc4ccccc4n3)[C@H](c3ccco3)C2)cc1. The summed E-state index contributed by atoms with van der Waals surface area (Å²) in [6, 6.07) is 23.1. The largest absolute Gasteiger partial charge is 0.497 e. The number of hydrazone groups is 1. The van der Waals surface area contributed by atoms with E-state index in [4.69, 9.17) is 9.15 Å². The molecule has 0 radical (unpaired) electrons. The molecule has 4 aromatic rings. The van der Waals surface area contributed by atoms with Crippen LogP contribution in [0.2, 0.25) is 0 Å². The second-order valence-electron chi connectivity index (χ2n) is 7.38. The number of aromatic nitrogens is 1. The van der Waals surface area contributed by atoms with Gasteiger partial charge < -0.3 is 9.15 Å². The van der Waals surface area contributed by atoms with Crippen molar-refractivity contribution < 1.29 is 13.9 Å². The average molecular weight is 444 g/mol. The number of methoxy groups -OCH3 is 1. The van der Waals surface area contributed by atoms with Gasteiger partial charge in [-0.2, -0.15) is 5.10 Å². The van der Waals surface area contributed by atoms with Gasteiger partial charge in [0.15, 0.2) is 0 Å². The molecule has 6 nitrogen and oxygen atoms in total. The van der Waals surface area contributed by atoms with E-state index in [0.29, 0.717) is 6.42 Å². The zero-order chi connectivity index (χ0) is 21.9. The monoisotopic (exact) mass is 443 g/mol. The fraction of sp³-hybridized carbons (Fsp3) is 0.160. The van der Waals surface area contributed by atoms with E-state index in [2.05, 4.69) is 10.1 Å². The fourth-order valence-electron chi connectivity index (χ4n) is 3.73. The summed E-state index contributed by atoms with van der Waals surface area (Å²) in [7, 11) is 1.64. The van der Waals surface area contributed by atoms with Crippen LogP contribution in [0.25, 0.3) is 10.9 Å². The number of pyridine rings is 1. The first kappa shape index (κ1) is 20.3. The van der Waals surface area contributed by atoms with Crippen LogP contribution in [-0.2, 0) is 4.79 Å². The Bertz CT molecular complexity index is 1270. The number of amides is 1. The molecule has 0 N–H and O–H groups in total. The van der Waals surface area contributed by atoms with E-state index < -0.39 is 0 Å². The Morgan fingerprint density at radius 2 is 1.94 bits per heavy atom. The van der Waals surface area contributed by atoms with Crippen molar-refractivity contribution in [3.8, 4) is 5.75 Å². The van der Waals surface area contributed by atoms with Crippen molar-refractivity contribution in [2.75, 3.05) is 12.9 Å². The number of rotatable bonds is 6. The van der Waals surface area contributed by atoms with Crippen molar-refractivity contribution in [3.05, 3.63) is 90.4 Å². The fourth-order valence-corrected chi connectivity index (χ4v) is 4.46. The van der Waals surface area contributed by atoms with Gasteiger partial charge in [-0.1, -0.05) is 36.0 Å². The maximum absolute atomic E-state index is 13.2. The molecule has 0 aliphatic carbocycles. The number of hydrogen-bond donors (Lipinski definition) is 0. The van der Waals surface area contributed by atoms with E-state index in [1.54, 1.807) is 18.4 Å². The minimum absolute atomic E-state index is 0.0881. The molecule has 0 saturated carbocycles. The van der Waals surface area contributed by atoms with Gasteiger partial charge in [-0.25, -0.2) is 9.99 Å². The van der Waals surface area contributed by atoms with Crippen LogP contribution in [0.15, 0.2) is 93.6 Å². The molecule has 3 heterocycles. The van der Waals surface area contributed by atoms with Crippen molar-refractivity contribution in [1.82, 2.24) is 9.99 Å². The predicted octanol–water partition coefficient (Wildman–Crippen LogP) is 5.31. The molecule has 7 heteroatoms. The van der Waals surface area contributed by atoms with E-state index in [-0.39, 0.29) is 17.7 Å². The number of ether oxygens (including phenoxy) is 1. The maximum atomic E-state index is 13.2. The van der Waals surface area contributed by atoms with Crippen molar-refractivity contribution >= 4 is 34.3 Å². The highest BCUT2D eigenvalue weighted by atomic mass is 32.2. The molecule has 2 aromatic carbocycles. The van der Waals surface area contributed by atoms with E-state index in [0.717, 1.165) is 38.7 Å². The molecule has 160 valence electrons. The van der Waals surface area contributed by atoms with Crippen LogP contribution in [-0.4, -0.2) is 34.5 Å². The first-order chi connectivity index (χ1) is 15.7. The van der Waals surface area contributed by atoms with Crippen molar-refractivity contribution in [3.63, 3.8) is 0 Å². The highest BCUT2D eigenvalue weighted by molar-refractivity contribution is 7.99. The van der Waals surface area contributed by atoms with Gasteiger partial charge in [-0.05, 0) is 54.1 Å². The molecule has 2 aromatic heterocycles. The lowest BCUT2D eigenvalue weighted by Crippen LogP contribution is -2.28. The summed E-state index contributed by atoms with van der Waals surface area (Å²) in [5.41, 5.74) is 2.72. The summed E-state index contributed by atoms with van der Waals surface area (Å²) in [6.45, 7) is 0. The third-order valence-electron chi connectivity index (χ3n) is 5.38. The molecule has 1 amide bonds. The van der Waals surface area contributed by atoms with Crippen molar-refractivity contribution in [2.45, 2.75) is 17.5 Å². The minimum Gasteiger partial charge on any atom is -0.497 e. The molecule has 1 aliphatic rings. The number of hydrogen-bond acceptors (Lipinski definition) is 6. The van der Waals surface area contributed by atoms with E-state index in [1.807, 2.05) is 72.8 Å². The third-order valence-corrected chi connectivity index (χ3v) is 6.29. The zero-order valence-electron chi connectivity index (χ0n) is 17.5. The Hall–Kier alpha value is -3.58. The molecule has 0 fully saturated rings. The summed E-state index contributed by atoms with van der Waals surface area (Å²) in [4.78, 5) is 17.8. The number of fused-ring (bicyclic) bond motifs is 1. The Balaban J connectivity index is 1.36. The van der Waals surface area contributed by atoms with E-state index in [9.17, 15) is 4.79 Å². The van der Waals surface area contributed by atoms with Gasteiger partial charge >= 0.3 is 0 Å². The molecule has 32 heavy (non-hydrogen) atoms. The van der Waals surface area contributed by atoms with Gasteiger partial charge in [0.2, 0.25) is 0 Å². The molecule has 0 unspecified atom stereocenters. The standard InChI is InChI=1S/C25H21N3O3S/c1-30-19-11-8-18(9-12-19)21-15-22(23-7-4-14-31-23)28(27-21)25(29)16-32-24-13-10-17-5-2-3-6-20(17)26-24/h2-14,22H,15-16H2,1H3/t22-/m0/s1. The molecule has 5 rings (SSSR count). The van der Waals surface area contributed by atoms with Crippen LogP contribution in [0.5, 0.6) is 5.75 Å². The van der Waals surface area contributed by atoms with Gasteiger partial charge in [0.1, 0.15) is 17.6 Å². The lowest BCUT2D eigenvalue weighted by Gasteiger charge is -2.19. The molecular weight excluding hydrogens is 422 g/mol. The highest BCUT2D eigenvalue weighted by Gasteiger charge is 2.34. The Morgan fingerprint density at radius 1 is 1.09 bits per heavy atom. The van der Waals surface area contributed by atoms with Crippen molar-refractivity contribution in [2.24, 2.45) is 5.10 Å². The van der Waals surface area contributed by atoms with E-state index in [1.165, 1.54) is 11.8 Å². The zero-order valence-corrected chi connectivity index (χ0v) is 18.3. The van der Waals surface area contributed by atoms with Crippen LogP contribution in [0.4, 0.5) is 0 Å². The van der Waals surface area contributed by atoms with Crippen LogP contribution in [0.1, 0.15) is 23.8 Å². The van der Waals surface area contributed by atoms with Gasteiger partial charge in [-0.15, -0.1) is 0 Å². The molecule has 1 atom stereocenters. The van der Waals surface area contributed by atoms with Gasteiger partial charge in [0.25, 0.3) is 5.91 Å². The first-order valence-corrected chi connectivity index (χ1v) is 11.3. The van der Waals surface area contributed by atoms with Gasteiger partial charge in [0.05, 0.1) is 35.4 Å². The van der Waals surface area contributed by atoms with Crippen LogP contribution in [0.3, 0.4) is 0 Å². The lowest BCUT2D eigenvalue weighted by molar-refractivity contribution is -0.130. The smallest absolute Gasteiger partial charge is 0.253 e. The molecular formula is C25H21N3O3S. The summed E-state index contributed by atoms with van der Waals surface area (Å²) >= 11 is 1.41. The third kappa shape index (κ3) is 4.11. The number of furan rings is 1. The number of benzene rings is 2. The lowest BCUT2D eigenvalue weighted by atomic mass is 10.0. The average Bonchev–Trinajstić information content (AvgIpc) is 3.53. The number of carbonyl (C=O) groups is 1. The predicted molar refractivity (Wildman–Crippen MR) is 125 cm³/mol. The first-order valence-electron chi connectivity index (χ1n) is 10.3. The summed E-state index contributed by atoms with van der Waals surface area (Å²) in [6.07, 6.45) is 2.21. The number of thioether (sulfide) groups is 1. The second kappa shape index (κ2) is 8.88. The Labute approximate surface area is 189 Å². The molecule has 1 aliphatic heterocycles. The second-order valence-corrected chi connectivity index (χ2v) is 8.38. The Kier molecular flexibility index (Phi) is 5.64. The minimum atomic E-state index is -0.264. The van der Waals surface area contributed by atoms with Gasteiger partial charge in [-0.3, -0.25) is 4.79 Å². The number of para-hydroxylation sites is 1. The van der Waals surface area contributed by atoms with Crippen LogP contribution < -0.4 is 4.74 Å². The van der Waals surface area contributed by atoms with Gasteiger partial charge in [0, 0.05) is 11.8 Å². The topological polar surface area (TPSA) is 67.9 Å². The quantitative estimate of drug-likeness (QED) is 0.378. The highest BCUT2D eigenvalue weighted by Crippen LogP contribution is 2.34. The maximum Gasteiger partial charge on any atom is 0.253 e. The summed E-state index contributed by atoms with van der Waals surface area (Å²) in [5, 5.41) is 8.12. The summed E-state index contributed by atoms with van der Waals surface area (Å²) in [5.74, 6) is 1.65.